The highest BCUT2D eigenvalue weighted by atomic mass is 15.2. The zero-order valence-electron chi connectivity index (χ0n) is 11.8. The predicted molar refractivity (Wildman–Crippen MR) is 74.6 cm³/mol. The minimum absolute atomic E-state index is 0.660. The Hall–Kier alpha value is -1.58. The fourth-order valence-electron chi connectivity index (χ4n) is 1.27. The molecule has 0 saturated carbocycles. The van der Waals surface area contributed by atoms with Gasteiger partial charge in [-0.1, -0.05) is 34.6 Å². The zero-order chi connectivity index (χ0) is 13.3. The third-order valence-corrected chi connectivity index (χ3v) is 2.04. The molecule has 4 heteroatoms. The SMILES string of the molecule is CC.CC.CCc1cc2nc(NC)ncn2c1. The summed E-state index contributed by atoms with van der Waals surface area (Å²) in [5, 5.41) is 2.91. The van der Waals surface area contributed by atoms with Crippen LogP contribution in [0.15, 0.2) is 18.6 Å². The van der Waals surface area contributed by atoms with E-state index in [1.54, 1.807) is 6.33 Å². The van der Waals surface area contributed by atoms with Crippen molar-refractivity contribution in [1.29, 1.82) is 0 Å². The highest BCUT2D eigenvalue weighted by molar-refractivity contribution is 5.45. The van der Waals surface area contributed by atoms with Crippen molar-refractivity contribution in [2.45, 2.75) is 41.0 Å². The van der Waals surface area contributed by atoms with Crippen LogP contribution in [-0.2, 0) is 6.42 Å². The Morgan fingerprint density at radius 3 is 2.41 bits per heavy atom. The number of anilines is 1. The Bertz CT molecular complexity index is 418. The van der Waals surface area contributed by atoms with Crippen molar-refractivity contribution in [3.8, 4) is 0 Å². The Morgan fingerprint density at radius 2 is 1.88 bits per heavy atom. The van der Waals surface area contributed by atoms with Gasteiger partial charge in [-0.3, -0.25) is 4.40 Å². The van der Waals surface area contributed by atoms with Crippen LogP contribution >= 0.6 is 0 Å². The fourth-order valence-corrected chi connectivity index (χ4v) is 1.27. The number of hydrogen-bond donors (Lipinski definition) is 1. The van der Waals surface area contributed by atoms with E-state index in [-0.39, 0.29) is 0 Å². The average molecular weight is 236 g/mol. The van der Waals surface area contributed by atoms with Crippen LogP contribution in [-0.4, -0.2) is 21.4 Å². The van der Waals surface area contributed by atoms with Gasteiger partial charge in [-0.2, -0.15) is 4.98 Å². The molecule has 2 heterocycles. The molecule has 2 aromatic heterocycles. The van der Waals surface area contributed by atoms with E-state index < -0.39 is 0 Å². The number of aryl methyl sites for hydroxylation is 1. The van der Waals surface area contributed by atoms with Crippen molar-refractivity contribution in [3.05, 3.63) is 24.2 Å². The summed E-state index contributed by atoms with van der Waals surface area (Å²) in [5.41, 5.74) is 2.22. The lowest BCUT2D eigenvalue weighted by molar-refractivity contribution is 1.02. The molecule has 1 N–H and O–H groups in total. The van der Waals surface area contributed by atoms with Gasteiger partial charge in [0.2, 0.25) is 5.95 Å². The van der Waals surface area contributed by atoms with E-state index >= 15 is 0 Å². The first-order valence-corrected chi connectivity index (χ1v) is 6.35. The maximum absolute atomic E-state index is 4.30. The van der Waals surface area contributed by atoms with E-state index in [0.29, 0.717) is 5.95 Å². The van der Waals surface area contributed by atoms with Crippen LogP contribution in [0.25, 0.3) is 5.65 Å². The summed E-state index contributed by atoms with van der Waals surface area (Å²) < 4.78 is 1.93. The molecule has 2 rings (SSSR count). The smallest absolute Gasteiger partial charge is 0.225 e. The number of nitrogens with zero attached hydrogens (tertiary/aromatic N) is 3. The molecule has 4 nitrogen and oxygen atoms in total. The first-order valence-electron chi connectivity index (χ1n) is 6.35. The summed E-state index contributed by atoms with van der Waals surface area (Å²) in [6.45, 7) is 10.1. The van der Waals surface area contributed by atoms with Crippen LogP contribution in [0.5, 0.6) is 0 Å². The van der Waals surface area contributed by atoms with E-state index in [9.17, 15) is 0 Å². The summed E-state index contributed by atoms with van der Waals surface area (Å²) in [4.78, 5) is 8.42. The van der Waals surface area contributed by atoms with Gasteiger partial charge >= 0.3 is 0 Å². The number of fused-ring (bicyclic) bond motifs is 1. The van der Waals surface area contributed by atoms with Gasteiger partial charge in [0.15, 0.2) is 0 Å². The first-order chi connectivity index (χ1) is 8.33. The van der Waals surface area contributed by atoms with Crippen molar-refractivity contribution in [3.63, 3.8) is 0 Å². The largest absolute Gasteiger partial charge is 0.357 e. The highest BCUT2D eigenvalue weighted by Gasteiger charge is 1.99. The summed E-state index contributed by atoms with van der Waals surface area (Å²) in [5.74, 6) is 0.660. The second-order valence-corrected chi connectivity index (χ2v) is 2.90. The lowest BCUT2D eigenvalue weighted by Crippen LogP contribution is -1.97. The molecule has 17 heavy (non-hydrogen) atoms. The molecule has 0 aliphatic rings. The van der Waals surface area contributed by atoms with Crippen molar-refractivity contribution < 1.29 is 0 Å². The number of nitrogens with one attached hydrogen (secondary N) is 1. The van der Waals surface area contributed by atoms with Gasteiger partial charge in [0.1, 0.15) is 12.0 Å². The van der Waals surface area contributed by atoms with Gasteiger partial charge < -0.3 is 5.32 Å². The molecule has 0 amide bonds. The van der Waals surface area contributed by atoms with Gasteiger partial charge in [-0.05, 0) is 18.1 Å². The monoisotopic (exact) mass is 236 g/mol. The van der Waals surface area contributed by atoms with Crippen molar-refractivity contribution in [2.75, 3.05) is 12.4 Å². The molecule has 0 aliphatic heterocycles. The fraction of sp³-hybridized carbons (Fsp3) is 0.538. The molecule has 96 valence electrons. The minimum Gasteiger partial charge on any atom is -0.357 e. The summed E-state index contributed by atoms with van der Waals surface area (Å²) in [6, 6.07) is 2.07. The highest BCUT2D eigenvalue weighted by Crippen LogP contribution is 2.08. The number of aromatic nitrogens is 3. The molecule has 0 fully saturated rings. The van der Waals surface area contributed by atoms with Gasteiger partial charge in [0.25, 0.3) is 0 Å². The Labute approximate surface area is 104 Å². The van der Waals surface area contributed by atoms with E-state index in [4.69, 9.17) is 0 Å². The van der Waals surface area contributed by atoms with Crippen LogP contribution in [0.2, 0.25) is 0 Å². The predicted octanol–water partition coefficient (Wildman–Crippen LogP) is 3.39. The maximum atomic E-state index is 4.30. The summed E-state index contributed by atoms with van der Waals surface area (Å²) in [6.07, 6.45) is 4.85. The first kappa shape index (κ1) is 15.4. The standard InChI is InChI=1S/C9H12N4.2C2H6/c1-3-7-4-8-12-9(10-2)11-6-13(8)5-7;2*1-2/h4-6H,3H2,1-2H3,(H,10,12);2*1-2H3. The normalized spacial score (nSPS) is 8.82. The molecule has 0 saturated heterocycles. The molecule has 2 aromatic rings. The average Bonchev–Trinajstić information content (AvgIpc) is 2.85. The zero-order valence-corrected chi connectivity index (χ0v) is 11.8. The molecule has 0 radical (unpaired) electrons. The molecule has 0 unspecified atom stereocenters. The number of rotatable bonds is 2. The van der Waals surface area contributed by atoms with Crippen LogP contribution in [0.4, 0.5) is 5.95 Å². The quantitative estimate of drug-likeness (QED) is 0.869. The number of hydrogen-bond acceptors (Lipinski definition) is 3. The second kappa shape index (κ2) is 8.56. The summed E-state index contributed by atoms with van der Waals surface area (Å²) in [7, 11) is 1.81. The van der Waals surface area contributed by atoms with Crippen LogP contribution < -0.4 is 5.32 Å². The molecule has 0 spiro atoms. The Kier molecular flexibility index (Phi) is 7.76. The Morgan fingerprint density at radius 1 is 1.24 bits per heavy atom. The summed E-state index contributed by atoms with van der Waals surface area (Å²) >= 11 is 0. The molecular weight excluding hydrogens is 212 g/mol. The van der Waals surface area contributed by atoms with Gasteiger partial charge in [-0.15, -0.1) is 0 Å². The van der Waals surface area contributed by atoms with Crippen molar-refractivity contribution in [2.24, 2.45) is 0 Å². The van der Waals surface area contributed by atoms with Crippen molar-refractivity contribution >= 4 is 11.6 Å². The topological polar surface area (TPSA) is 42.2 Å². The van der Waals surface area contributed by atoms with E-state index in [1.165, 1.54) is 5.56 Å². The molecule has 0 atom stereocenters. The minimum atomic E-state index is 0.660. The van der Waals surface area contributed by atoms with Crippen LogP contribution in [0.3, 0.4) is 0 Å². The van der Waals surface area contributed by atoms with Gasteiger partial charge in [-0.25, -0.2) is 4.98 Å². The van der Waals surface area contributed by atoms with Crippen molar-refractivity contribution in [1.82, 2.24) is 14.4 Å². The van der Waals surface area contributed by atoms with E-state index in [1.807, 2.05) is 39.1 Å². The van der Waals surface area contributed by atoms with Crippen LogP contribution in [0, 0.1) is 0 Å². The lowest BCUT2D eigenvalue weighted by Gasteiger charge is -1.97. The van der Waals surface area contributed by atoms with E-state index in [2.05, 4.69) is 34.5 Å². The van der Waals surface area contributed by atoms with E-state index in [0.717, 1.165) is 12.1 Å². The van der Waals surface area contributed by atoms with Gasteiger partial charge in [0.05, 0.1) is 0 Å². The van der Waals surface area contributed by atoms with Crippen LogP contribution in [0.1, 0.15) is 40.2 Å². The Balaban J connectivity index is 0.000000581. The molecular formula is C13H24N4. The molecule has 0 aliphatic carbocycles. The third-order valence-electron chi connectivity index (χ3n) is 2.04. The maximum Gasteiger partial charge on any atom is 0.225 e. The molecule has 0 aromatic carbocycles. The van der Waals surface area contributed by atoms with Gasteiger partial charge in [0, 0.05) is 13.2 Å². The molecule has 0 bridgehead atoms. The lowest BCUT2D eigenvalue weighted by atomic mass is 10.3. The second-order valence-electron chi connectivity index (χ2n) is 2.90. The third kappa shape index (κ3) is 4.06.